The highest BCUT2D eigenvalue weighted by atomic mass is 16.6. The zero-order valence-corrected chi connectivity index (χ0v) is 24.9. The van der Waals surface area contributed by atoms with Gasteiger partial charge in [0.05, 0.1) is 5.92 Å². The molecule has 3 aromatic rings. The van der Waals surface area contributed by atoms with Gasteiger partial charge < -0.3 is 19.5 Å². The molecule has 0 aromatic heterocycles. The van der Waals surface area contributed by atoms with Gasteiger partial charge >= 0.3 is 18.1 Å². The van der Waals surface area contributed by atoms with Crippen LogP contribution in [0, 0.1) is 11.8 Å². The SMILES string of the molecule is CC(C)(C)OC(=O)[C@@H](Cc1cccc(N2CCN(c3cccc(OCc4ccccc4)c3)C2=O)c1)[C@H]1CCN(C(=O)O)C1. The van der Waals surface area contributed by atoms with Crippen molar-refractivity contribution in [3.05, 3.63) is 90.0 Å². The number of likely N-dealkylation sites (tertiary alicyclic amines) is 1. The zero-order valence-electron chi connectivity index (χ0n) is 24.9. The quantitative estimate of drug-likeness (QED) is 0.300. The molecule has 1 N–H and O–H groups in total. The van der Waals surface area contributed by atoms with Crippen LogP contribution in [0.4, 0.5) is 21.0 Å². The van der Waals surface area contributed by atoms with Gasteiger partial charge in [-0.05, 0) is 74.9 Å². The van der Waals surface area contributed by atoms with E-state index in [0.717, 1.165) is 22.5 Å². The predicted molar refractivity (Wildman–Crippen MR) is 164 cm³/mol. The number of urea groups is 1. The summed E-state index contributed by atoms with van der Waals surface area (Å²) < 4.78 is 11.7. The van der Waals surface area contributed by atoms with Gasteiger partial charge in [-0.25, -0.2) is 9.59 Å². The molecule has 2 aliphatic rings. The molecule has 2 aliphatic heterocycles. The van der Waals surface area contributed by atoms with E-state index in [1.54, 1.807) is 9.80 Å². The lowest BCUT2D eigenvalue weighted by Gasteiger charge is -2.27. The van der Waals surface area contributed by atoms with Crippen molar-refractivity contribution in [3.8, 4) is 5.75 Å². The van der Waals surface area contributed by atoms with E-state index in [0.29, 0.717) is 51.4 Å². The van der Waals surface area contributed by atoms with E-state index in [9.17, 15) is 19.5 Å². The molecule has 0 spiro atoms. The Morgan fingerprint density at radius 3 is 2.19 bits per heavy atom. The summed E-state index contributed by atoms with van der Waals surface area (Å²) in [4.78, 5) is 43.3. The van der Waals surface area contributed by atoms with Crippen molar-refractivity contribution in [2.45, 2.75) is 45.8 Å². The third-order valence-electron chi connectivity index (χ3n) is 7.84. The summed E-state index contributed by atoms with van der Waals surface area (Å²) in [5, 5.41) is 9.46. The summed E-state index contributed by atoms with van der Waals surface area (Å²) in [5.41, 5.74) is 2.82. The van der Waals surface area contributed by atoms with Gasteiger partial charge in [0.1, 0.15) is 18.0 Å². The number of amides is 3. The molecule has 2 heterocycles. The van der Waals surface area contributed by atoms with Crippen LogP contribution in [-0.2, 0) is 22.6 Å². The van der Waals surface area contributed by atoms with E-state index in [1.165, 1.54) is 4.90 Å². The third kappa shape index (κ3) is 7.46. The lowest BCUT2D eigenvalue weighted by atomic mass is 9.86. The first-order chi connectivity index (χ1) is 20.6. The second-order valence-corrected chi connectivity index (χ2v) is 12.1. The van der Waals surface area contributed by atoms with Crippen LogP contribution in [0.5, 0.6) is 5.75 Å². The van der Waals surface area contributed by atoms with Gasteiger partial charge in [0, 0.05) is 43.6 Å². The van der Waals surface area contributed by atoms with Gasteiger partial charge in [-0.1, -0.05) is 48.5 Å². The number of anilines is 2. The fourth-order valence-electron chi connectivity index (χ4n) is 5.71. The van der Waals surface area contributed by atoms with Crippen molar-refractivity contribution in [3.63, 3.8) is 0 Å². The molecule has 5 rings (SSSR count). The van der Waals surface area contributed by atoms with Crippen molar-refractivity contribution in [1.82, 2.24) is 4.90 Å². The van der Waals surface area contributed by atoms with Gasteiger partial charge in [0.15, 0.2) is 0 Å². The van der Waals surface area contributed by atoms with E-state index in [1.807, 2.05) is 99.6 Å². The molecule has 3 aromatic carbocycles. The number of rotatable bonds is 9. The molecule has 226 valence electrons. The fourth-order valence-corrected chi connectivity index (χ4v) is 5.71. The largest absolute Gasteiger partial charge is 0.489 e. The van der Waals surface area contributed by atoms with Crippen molar-refractivity contribution in [1.29, 1.82) is 0 Å². The number of carbonyl (C=O) groups excluding carboxylic acids is 2. The van der Waals surface area contributed by atoms with E-state index < -0.39 is 17.6 Å². The summed E-state index contributed by atoms with van der Waals surface area (Å²) in [6.45, 7) is 7.67. The summed E-state index contributed by atoms with van der Waals surface area (Å²) >= 11 is 0. The molecule has 9 heteroatoms. The molecule has 9 nitrogen and oxygen atoms in total. The normalized spacial score (nSPS) is 17.7. The van der Waals surface area contributed by atoms with Crippen LogP contribution in [0.2, 0.25) is 0 Å². The predicted octanol–water partition coefficient (Wildman–Crippen LogP) is 6.21. The minimum Gasteiger partial charge on any atom is -0.489 e. The Labute approximate surface area is 252 Å². The number of carbonyl (C=O) groups is 3. The highest BCUT2D eigenvalue weighted by molar-refractivity contribution is 6.06. The van der Waals surface area contributed by atoms with Gasteiger partial charge in [0.2, 0.25) is 0 Å². The summed E-state index contributed by atoms with van der Waals surface area (Å²) in [6, 6.07) is 25.0. The Kier molecular flexibility index (Phi) is 8.89. The first-order valence-corrected chi connectivity index (χ1v) is 14.7. The number of hydrogen-bond donors (Lipinski definition) is 1. The van der Waals surface area contributed by atoms with Gasteiger partial charge in [-0.15, -0.1) is 0 Å². The summed E-state index contributed by atoms with van der Waals surface area (Å²) in [7, 11) is 0. The molecule has 0 radical (unpaired) electrons. The van der Waals surface area contributed by atoms with E-state index >= 15 is 0 Å². The van der Waals surface area contributed by atoms with Crippen molar-refractivity contribution < 1.29 is 29.0 Å². The van der Waals surface area contributed by atoms with Crippen LogP contribution in [0.3, 0.4) is 0 Å². The topological polar surface area (TPSA) is 99.6 Å². The molecule has 43 heavy (non-hydrogen) atoms. The molecular formula is C34H39N3O6. The maximum atomic E-state index is 13.6. The van der Waals surface area contributed by atoms with Gasteiger partial charge in [-0.3, -0.25) is 14.6 Å². The molecule has 0 bridgehead atoms. The van der Waals surface area contributed by atoms with Crippen molar-refractivity contribution >= 4 is 29.5 Å². The highest BCUT2D eigenvalue weighted by Gasteiger charge is 2.38. The number of hydrogen-bond acceptors (Lipinski definition) is 5. The van der Waals surface area contributed by atoms with Crippen LogP contribution in [0.25, 0.3) is 0 Å². The maximum absolute atomic E-state index is 13.6. The Hall–Kier alpha value is -4.53. The monoisotopic (exact) mass is 585 g/mol. The number of carboxylic acid groups (broad SMARTS) is 1. The Bertz CT molecular complexity index is 1450. The average Bonchev–Trinajstić information content (AvgIpc) is 3.62. The van der Waals surface area contributed by atoms with Crippen LogP contribution in [0.1, 0.15) is 38.3 Å². The summed E-state index contributed by atoms with van der Waals surface area (Å²) in [5.74, 6) is -0.276. The van der Waals surface area contributed by atoms with Crippen LogP contribution >= 0.6 is 0 Å². The number of esters is 1. The molecule has 2 fully saturated rings. The Morgan fingerprint density at radius 1 is 0.884 bits per heavy atom. The second kappa shape index (κ2) is 12.8. The molecule has 2 atom stereocenters. The lowest BCUT2D eigenvalue weighted by Crippen LogP contribution is -2.36. The van der Waals surface area contributed by atoms with Gasteiger partial charge in [-0.2, -0.15) is 0 Å². The van der Waals surface area contributed by atoms with Crippen LogP contribution in [-0.4, -0.2) is 59.9 Å². The third-order valence-corrected chi connectivity index (χ3v) is 7.84. The number of benzene rings is 3. The second-order valence-electron chi connectivity index (χ2n) is 12.1. The van der Waals surface area contributed by atoms with E-state index in [-0.39, 0.29) is 17.9 Å². The zero-order chi connectivity index (χ0) is 30.6. The molecular weight excluding hydrogens is 546 g/mol. The first-order valence-electron chi connectivity index (χ1n) is 14.7. The Balaban J connectivity index is 1.29. The van der Waals surface area contributed by atoms with E-state index in [2.05, 4.69) is 0 Å². The molecule has 0 unspecified atom stereocenters. The van der Waals surface area contributed by atoms with Crippen molar-refractivity contribution in [2.75, 3.05) is 36.0 Å². The Morgan fingerprint density at radius 2 is 1.53 bits per heavy atom. The van der Waals surface area contributed by atoms with Crippen molar-refractivity contribution in [2.24, 2.45) is 11.8 Å². The fraction of sp³-hybridized carbons (Fsp3) is 0.382. The van der Waals surface area contributed by atoms with E-state index in [4.69, 9.17) is 9.47 Å². The molecule has 0 saturated carbocycles. The molecule has 3 amide bonds. The first kappa shape index (κ1) is 29.9. The maximum Gasteiger partial charge on any atom is 0.407 e. The number of nitrogens with zero attached hydrogens (tertiary/aromatic N) is 3. The standard InChI is InChI=1S/C34H39N3O6/c1-34(2,3)43-31(38)30(26-15-16-35(22-26)33(40)41)20-25-11-7-12-27(19-25)36-17-18-37(32(36)39)28-13-8-14-29(21-28)42-23-24-9-5-4-6-10-24/h4-14,19,21,26,30H,15-18,20,22-23H2,1-3H3,(H,40,41)/t26-,30-/m0/s1. The number of ether oxygens (including phenoxy) is 2. The van der Waals surface area contributed by atoms with Crippen LogP contribution in [0.15, 0.2) is 78.9 Å². The minimum absolute atomic E-state index is 0.131. The minimum atomic E-state index is -0.974. The van der Waals surface area contributed by atoms with Crippen LogP contribution < -0.4 is 14.5 Å². The highest BCUT2D eigenvalue weighted by Crippen LogP contribution is 2.32. The molecule has 2 saturated heterocycles. The van der Waals surface area contributed by atoms with Gasteiger partial charge in [0.25, 0.3) is 0 Å². The lowest BCUT2D eigenvalue weighted by molar-refractivity contribution is -0.161. The summed E-state index contributed by atoms with van der Waals surface area (Å²) in [6.07, 6.45) is 0.0228. The average molecular weight is 586 g/mol. The smallest absolute Gasteiger partial charge is 0.407 e. The molecule has 0 aliphatic carbocycles.